The highest BCUT2D eigenvalue weighted by Crippen LogP contribution is 2.25. The number of rotatable bonds is 7. The first kappa shape index (κ1) is 22.0. The van der Waals surface area contributed by atoms with E-state index in [2.05, 4.69) is 24.4 Å². The van der Waals surface area contributed by atoms with E-state index < -0.39 is 16.1 Å². The zero-order valence-electron chi connectivity index (χ0n) is 17.5. The maximum Gasteiger partial charge on any atom is 0.244 e. The van der Waals surface area contributed by atoms with Gasteiger partial charge in [-0.25, -0.2) is 8.42 Å². The van der Waals surface area contributed by atoms with Crippen LogP contribution in [0, 0.1) is 20.8 Å². The maximum atomic E-state index is 13.1. The van der Waals surface area contributed by atoms with Gasteiger partial charge in [0.15, 0.2) is 0 Å². The second-order valence-corrected chi connectivity index (χ2v) is 9.20. The molecule has 5 nitrogen and oxygen atoms in total. The second kappa shape index (κ2) is 8.78. The Kier molecular flexibility index (Phi) is 6.88. The molecule has 0 bridgehead atoms. The summed E-state index contributed by atoms with van der Waals surface area (Å²) in [5.74, 6) is -0.304. The molecule has 0 aromatic heterocycles. The van der Waals surface area contributed by atoms with Gasteiger partial charge in [0.2, 0.25) is 15.9 Å². The predicted molar refractivity (Wildman–Crippen MR) is 115 cm³/mol. The number of anilines is 1. The van der Waals surface area contributed by atoms with Crippen molar-refractivity contribution in [1.29, 1.82) is 0 Å². The van der Waals surface area contributed by atoms with Crippen molar-refractivity contribution in [1.82, 2.24) is 5.32 Å². The lowest BCUT2D eigenvalue weighted by molar-refractivity contribution is -0.122. The highest BCUT2D eigenvalue weighted by Gasteiger charge is 2.32. The molecule has 28 heavy (non-hydrogen) atoms. The van der Waals surface area contributed by atoms with Gasteiger partial charge in [-0.2, -0.15) is 0 Å². The fourth-order valence-corrected chi connectivity index (χ4v) is 4.68. The smallest absolute Gasteiger partial charge is 0.244 e. The summed E-state index contributed by atoms with van der Waals surface area (Å²) in [6.45, 7) is 9.87. The van der Waals surface area contributed by atoms with Crippen LogP contribution in [0.5, 0.6) is 0 Å². The van der Waals surface area contributed by atoms with E-state index in [-0.39, 0.29) is 11.9 Å². The van der Waals surface area contributed by atoms with Gasteiger partial charge in [-0.1, -0.05) is 37.3 Å². The van der Waals surface area contributed by atoms with Gasteiger partial charge in [0.25, 0.3) is 0 Å². The van der Waals surface area contributed by atoms with Crippen molar-refractivity contribution in [3.05, 3.63) is 64.7 Å². The quantitative estimate of drug-likeness (QED) is 0.760. The molecule has 6 heteroatoms. The first-order valence-corrected chi connectivity index (χ1v) is 11.3. The number of benzene rings is 2. The Morgan fingerprint density at radius 2 is 1.61 bits per heavy atom. The summed E-state index contributed by atoms with van der Waals surface area (Å²) in [6, 6.07) is 11.9. The van der Waals surface area contributed by atoms with Gasteiger partial charge in [0, 0.05) is 0 Å². The molecule has 0 radical (unpaired) electrons. The molecule has 2 aromatic carbocycles. The van der Waals surface area contributed by atoms with Crippen molar-refractivity contribution in [2.75, 3.05) is 10.6 Å². The van der Waals surface area contributed by atoms with Crippen LogP contribution in [0.2, 0.25) is 0 Å². The Bertz CT molecular complexity index is 940. The van der Waals surface area contributed by atoms with E-state index in [1.54, 1.807) is 24.3 Å². The minimum atomic E-state index is -3.62. The standard InChI is InChI=1S/C22H30N2O3S/c1-7-21(24(28(6,26)27)19-11-9-8-10-12-19)22(25)23-18(5)20-14-16(3)15(2)13-17(20)4/h8-14,18,21H,7H2,1-6H3,(H,23,25)/t18-,21-/m0/s1. The third-order valence-electron chi connectivity index (χ3n) is 5.05. The third kappa shape index (κ3) is 4.93. The number of aryl methyl sites for hydroxylation is 3. The molecular weight excluding hydrogens is 372 g/mol. The molecule has 0 saturated carbocycles. The minimum Gasteiger partial charge on any atom is -0.348 e. The van der Waals surface area contributed by atoms with Gasteiger partial charge in [-0.3, -0.25) is 9.10 Å². The lowest BCUT2D eigenvalue weighted by Crippen LogP contribution is -2.49. The summed E-state index contributed by atoms with van der Waals surface area (Å²) >= 11 is 0. The zero-order valence-corrected chi connectivity index (χ0v) is 18.3. The van der Waals surface area contributed by atoms with E-state index in [0.717, 1.165) is 22.9 Å². The van der Waals surface area contributed by atoms with Gasteiger partial charge in [0.1, 0.15) is 6.04 Å². The number of para-hydroxylation sites is 1. The normalized spacial score (nSPS) is 13.6. The summed E-state index contributed by atoms with van der Waals surface area (Å²) in [6.07, 6.45) is 1.50. The molecule has 152 valence electrons. The molecule has 2 aromatic rings. The summed E-state index contributed by atoms with van der Waals surface area (Å²) < 4.78 is 26.2. The number of carbonyl (C=O) groups is 1. The first-order valence-electron chi connectivity index (χ1n) is 9.48. The molecule has 2 atom stereocenters. The topological polar surface area (TPSA) is 66.5 Å². The van der Waals surface area contributed by atoms with Gasteiger partial charge >= 0.3 is 0 Å². The van der Waals surface area contributed by atoms with E-state index in [4.69, 9.17) is 0 Å². The van der Waals surface area contributed by atoms with Crippen LogP contribution in [0.25, 0.3) is 0 Å². The molecule has 0 unspecified atom stereocenters. The SMILES string of the molecule is CC[C@@H](C(=O)N[C@@H](C)c1cc(C)c(C)cc1C)N(c1ccccc1)S(C)(=O)=O. The zero-order chi connectivity index (χ0) is 21.1. The number of nitrogens with zero attached hydrogens (tertiary/aromatic N) is 1. The Balaban J connectivity index is 2.33. The Morgan fingerprint density at radius 3 is 2.14 bits per heavy atom. The fraction of sp³-hybridized carbons (Fsp3) is 0.409. The molecule has 0 aliphatic carbocycles. The fourth-order valence-electron chi connectivity index (χ4n) is 3.47. The molecule has 0 aliphatic rings. The van der Waals surface area contributed by atoms with Crippen LogP contribution in [0.3, 0.4) is 0 Å². The number of amides is 1. The van der Waals surface area contributed by atoms with E-state index in [0.29, 0.717) is 12.1 Å². The number of hydrogen-bond acceptors (Lipinski definition) is 3. The van der Waals surface area contributed by atoms with Crippen molar-refractivity contribution >= 4 is 21.6 Å². The summed E-state index contributed by atoms with van der Waals surface area (Å²) in [5, 5.41) is 3.01. The van der Waals surface area contributed by atoms with Gasteiger partial charge in [0.05, 0.1) is 18.0 Å². The van der Waals surface area contributed by atoms with Crippen molar-refractivity contribution in [3.8, 4) is 0 Å². The first-order chi connectivity index (χ1) is 13.1. The summed E-state index contributed by atoms with van der Waals surface area (Å²) in [7, 11) is -3.62. The van der Waals surface area contributed by atoms with Gasteiger partial charge in [-0.15, -0.1) is 0 Å². The van der Waals surface area contributed by atoms with Crippen molar-refractivity contribution in [2.45, 2.75) is 53.1 Å². The lowest BCUT2D eigenvalue weighted by atomic mass is 9.96. The van der Waals surface area contributed by atoms with Crippen molar-refractivity contribution < 1.29 is 13.2 Å². The second-order valence-electron chi connectivity index (χ2n) is 7.34. The molecule has 0 saturated heterocycles. The van der Waals surface area contributed by atoms with Crippen LogP contribution in [0.1, 0.15) is 48.6 Å². The van der Waals surface area contributed by atoms with Gasteiger partial charge < -0.3 is 5.32 Å². The molecule has 2 rings (SSSR count). The van der Waals surface area contributed by atoms with Crippen molar-refractivity contribution in [3.63, 3.8) is 0 Å². The largest absolute Gasteiger partial charge is 0.348 e. The Hall–Kier alpha value is -2.34. The number of sulfonamides is 1. The van der Waals surface area contributed by atoms with E-state index in [1.165, 1.54) is 9.87 Å². The van der Waals surface area contributed by atoms with Crippen LogP contribution in [-0.2, 0) is 14.8 Å². The molecule has 0 fully saturated rings. The molecule has 0 aliphatic heterocycles. The molecule has 0 spiro atoms. The van der Waals surface area contributed by atoms with E-state index in [9.17, 15) is 13.2 Å². The average Bonchev–Trinajstić information content (AvgIpc) is 2.61. The maximum absolute atomic E-state index is 13.1. The number of carbonyl (C=O) groups excluding carboxylic acids is 1. The number of hydrogen-bond donors (Lipinski definition) is 1. The van der Waals surface area contributed by atoms with Crippen LogP contribution >= 0.6 is 0 Å². The highest BCUT2D eigenvalue weighted by molar-refractivity contribution is 7.92. The van der Waals surface area contributed by atoms with E-state index >= 15 is 0 Å². The van der Waals surface area contributed by atoms with Gasteiger partial charge in [-0.05, 0) is 68.5 Å². The Morgan fingerprint density at radius 1 is 1.04 bits per heavy atom. The predicted octanol–water partition coefficient (Wildman–Crippen LogP) is 4.03. The summed E-state index contributed by atoms with van der Waals surface area (Å²) in [4.78, 5) is 13.1. The number of nitrogens with one attached hydrogen (secondary N) is 1. The Labute approximate surface area is 168 Å². The third-order valence-corrected chi connectivity index (χ3v) is 6.23. The van der Waals surface area contributed by atoms with Crippen molar-refractivity contribution in [2.24, 2.45) is 0 Å². The minimum absolute atomic E-state index is 0.224. The van der Waals surface area contributed by atoms with Crippen LogP contribution in [-0.4, -0.2) is 26.6 Å². The molecule has 0 heterocycles. The molecule has 1 amide bonds. The van der Waals surface area contributed by atoms with E-state index in [1.807, 2.05) is 33.8 Å². The monoisotopic (exact) mass is 402 g/mol. The van der Waals surface area contributed by atoms with Crippen LogP contribution in [0.15, 0.2) is 42.5 Å². The van der Waals surface area contributed by atoms with Crippen LogP contribution < -0.4 is 9.62 Å². The van der Waals surface area contributed by atoms with Crippen LogP contribution in [0.4, 0.5) is 5.69 Å². The lowest BCUT2D eigenvalue weighted by Gasteiger charge is -2.31. The average molecular weight is 403 g/mol. The molecule has 1 N–H and O–H groups in total. The highest BCUT2D eigenvalue weighted by atomic mass is 32.2. The molecular formula is C22H30N2O3S. The summed E-state index contributed by atoms with van der Waals surface area (Å²) in [5.41, 5.74) is 5.00.